The number of rotatable bonds is 6. The Labute approximate surface area is 124 Å². The van der Waals surface area contributed by atoms with Crippen LogP contribution < -0.4 is 10.1 Å². The average molecular weight is 285 g/mol. The van der Waals surface area contributed by atoms with Crippen molar-refractivity contribution in [1.82, 2.24) is 15.3 Å². The van der Waals surface area contributed by atoms with Crippen molar-refractivity contribution in [2.24, 2.45) is 0 Å². The van der Waals surface area contributed by atoms with Crippen molar-refractivity contribution < 1.29 is 9.53 Å². The van der Waals surface area contributed by atoms with Crippen LogP contribution in [0.15, 0.2) is 36.7 Å². The van der Waals surface area contributed by atoms with Gasteiger partial charge < -0.3 is 10.1 Å². The van der Waals surface area contributed by atoms with Crippen LogP contribution in [-0.2, 0) is 17.8 Å². The van der Waals surface area contributed by atoms with E-state index in [2.05, 4.69) is 15.3 Å². The number of benzene rings is 1. The van der Waals surface area contributed by atoms with Crippen LogP contribution in [0.3, 0.4) is 0 Å². The SMILES string of the molecule is COc1ccc(CCC(=O)NCc2cc(C)ncn2)cc1. The normalized spacial score (nSPS) is 10.2. The Kier molecular flexibility index (Phi) is 5.26. The number of carbonyl (C=O) groups excluding carboxylic acids is 1. The maximum atomic E-state index is 11.8. The van der Waals surface area contributed by atoms with E-state index in [4.69, 9.17) is 4.74 Å². The van der Waals surface area contributed by atoms with Crippen LogP contribution in [0.2, 0.25) is 0 Å². The summed E-state index contributed by atoms with van der Waals surface area (Å²) in [6.07, 6.45) is 2.67. The topological polar surface area (TPSA) is 64.1 Å². The summed E-state index contributed by atoms with van der Waals surface area (Å²) in [5, 5.41) is 2.87. The number of aromatic nitrogens is 2. The molecule has 110 valence electrons. The monoisotopic (exact) mass is 285 g/mol. The van der Waals surface area contributed by atoms with Gasteiger partial charge >= 0.3 is 0 Å². The molecule has 0 aliphatic carbocycles. The maximum Gasteiger partial charge on any atom is 0.220 e. The van der Waals surface area contributed by atoms with Gasteiger partial charge in [0, 0.05) is 12.1 Å². The van der Waals surface area contributed by atoms with Crippen molar-refractivity contribution in [3.05, 3.63) is 53.6 Å². The van der Waals surface area contributed by atoms with Crippen LogP contribution in [0, 0.1) is 6.92 Å². The lowest BCUT2D eigenvalue weighted by atomic mass is 10.1. The van der Waals surface area contributed by atoms with Gasteiger partial charge in [-0.1, -0.05) is 12.1 Å². The average Bonchev–Trinajstić information content (AvgIpc) is 2.51. The molecule has 1 aromatic heterocycles. The van der Waals surface area contributed by atoms with Crippen LogP contribution >= 0.6 is 0 Å². The van der Waals surface area contributed by atoms with Gasteiger partial charge in [-0.3, -0.25) is 4.79 Å². The van der Waals surface area contributed by atoms with Crippen molar-refractivity contribution >= 4 is 5.91 Å². The molecule has 2 aromatic rings. The van der Waals surface area contributed by atoms with Gasteiger partial charge in [0.25, 0.3) is 0 Å². The summed E-state index contributed by atoms with van der Waals surface area (Å²) >= 11 is 0. The van der Waals surface area contributed by atoms with E-state index in [0.717, 1.165) is 22.7 Å². The van der Waals surface area contributed by atoms with Crippen LogP contribution in [0.5, 0.6) is 5.75 Å². The first-order valence-corrected chi connectivity index (χ1v) is 6.84. The van der Waals surface area contributed by atoms with Crippen LogP contribution in [-0.4, -0.2) is 23.0 Å². The molecule has 1 amide bonds. The lowest BCUT2D eigenvalue weighted by Crippen LogP contribution is -2.23. The first kappa shape index (κ1) is 15.0. The van der Waals surface area contributed by atoms with E-state index >= 15 is 0 Å². The Morgan fingerprint density at radius 1 is 1.24 bits per heavy atom. The Hall–Kier alpha value is -2.43. The van der Waals surface area contributed by atoms with Gasteiger partial charge in [-0.05, 0) is 37.1 Å². The van der Waals surface area contributed by atoms with Crippen LogP contribution in [0.4, 0.5) is 0 Å². The van der Waals surface area contributed by atoms with E-state index in [-0.39, 0.29) is 5.91 Å². The minimum atomic E-state index is 0.0158. The van der Waals surface area contributed by atoms with Crippen molar-refractivity contribution in [2.45, 2.75) is 26.3 Å². The smallest absolute Gasteiger partial charge is 0.220 e. The number of ether oxygens (including phenoxy) is 1. The fourth-order valence-corrected chi connectivity index (χ4v) is 1.93. The number of nitrogens with zero attached hydrogens (tertiary/aromatic N) is 2. The van der Waals surface area contributed by atoms with Gasteiger partial charge in [-0.15, -0.1) is 0 Å². The fourth-order valence-electron chi connectivity index (χ4n) is 1.93. The van der Waals surface area contributed by atoms with Crippen molar-refractivity contribution in [1.29, 1.82) is 0 Å². The van der Waals surface area contributed by atoms with Crippen LogP contribution in [0.25, 0.3) is 0 Å². The summed E-state index contributed by atoms with van der Waals surface area (Å²) in [6, 6.07) is 9.61. The van der Waals surface area contributed by atoms with Gasteiger partial charge in [0.2, 0.25) is 5.91 Å². The Balaban J connectivity index is 1.76. The molecule has 1 N–H and O–H groups in total. The standard InChI is InChI=1S/C16H19N3O2/c1-12-9-14(19-11-18-12)10-17-16(20)8-5-13-3-6-15(21-2)7-4-13/h3-4,6-7,9,11H,5,8,10H2,1-2H3,(H,17,20). The summed E-state index contributed by atoms with van der Waals surface area (Å²) in [7, 11) is 1.64. The highest BCUT2D eigenvalue weighted by molar-refractivity contribution is 5.76. The zero-order valence-electron chi connectivity index (χ0n) is 12.3. The molecule has 0 atom stereocenters. The lowest BCUT2D eigenvalue weighted by Gasteiger charge is -2.06. The van der Waals surface area contributed by atoms with Gasteiger partial charge in [0.05, 0.1) is 19.3 Å². The molecule has 0 aliphatic rings. The Morgan fingerprint density at radius 3 is 2.67 bits per heavy atom. The Bertz CT molecular complexity index is 597. The molecule has 0 unspecified atom stereocenters. The molecule has 1 aromatic carbocycles. The number of amides is 1. The maximum absolute atomic E-state index is 11.8. The minimum Gasteiger partial charge on any atom is -0.497 e. The summed E-state index contributed by atoms with van der Waals surface area (Å²) in [5.41, 5.74) is 2.83. The number of methoxy groups -OCH3 is 1. The molecule has 0 bridgehead atoms. The van der Waals surface area contributed by atoms with E-state index in [1.807, 2.05) is 37.3 Å². The van der Waals surface area contributed by atoms with E-state index < -0.39 is 0 Å². The number of aryl methyl sites for hydroxylation is 2. The highest BCUT2D eigenvalue weighted by Gasteiger charge is 2.03. The van der Waals surface area contributed by atoms with Crippen molar-refractivity contribution in [3.8, 4) is 5.75 Å². The zero-order valence-corrected chi connectivity index (χ0v) is 12.3. The first-order chi connectivity index (χ1) is 10.2. The van der Waals surface area contributed by atoms with Gasteiger partial charge in [0.15, 0.2) is 0 Å². The predicted molar refractivity (Wildman–Crippen MR) is 79.9 cm³/mol. The summed E-state index contributed by atoms with van der Waals surface area (Å²) in [6.45, 7) is 2.33. The Morgan fingerprint density at radius 2 is 2.00 bits per heavy atom. The number of hydrogen-bond donors (Lipinski definition) is 1. The van der Waals surface area contributed by atoms with E-state index in [1.54, 1.807) is 7.11 Å². The third-order valence-electron chi connectivity index (χ3n) is 3.13. The summed E-state index contributed by atoms with van der Waals surface area (Å²) in [5.74, 6) is 0.837. The van der Waals surface area contributed by atoms with Gasteiger partial charge in [-0.2, -0.15) is 0 Å². The number of hydrogen-bond acceptors (Lipinski definition) is 4. The molecule has 0 radical (unpaired) electrons. The molecule has 21 heavy (non-hydrogen) atoms. The molecule has 5 heteroatoms. The molecule has 5 nitrogen and oxygen atoms in total. The highest BCUT2D eigenvalue weighted by atomic mass is 16.5. The predicted octanol–water partition coefficient (Wildman–Crippen LogP) is 2.04. The van der Waals surface area contributed by atoms with E-state index in [1.165, 1.54) is 6.33 Å². The quantitative estimate of drug-likeness (QED) is 0.882. The van der Waals surface area contributed by atoms with Crippen molar-refractivity contribution in [2.75, 3.05) is 7.11 Å². The second kappa shape index (κ2) is 7.38. The zero-order chi connectivity index (χ0) is 15.1. The molecule has 2 rings (SSSR count). The largest absolute Gasteiger partial charge is 0.497 e. The van der Waals surface area contributed by atoms with Crippen LogP contribution in [0.1, 0.15) is 23.4 Å². The molecule has 0 saturated carbocycles. The summed E-state index contributed by atoms with van der Waals surface area (Å²) in [4.78, 5) is 20.0. The minimum absolute atomic E-state index is 0.0158. The lowest BCUT2D eigenvalue weighted by molar-refractivity contribution is -0.121. The third-order valence-corrected chi connectivity index (χ3v) is 3.13. The van der Waals surface area contributed by atoms with Crippen molar-refractivity contribution in [3.63, 3.8) is 0 Å². The molecule has 1 heterocycles. The molecule has 0 saturated heterocycles. The molecular formula is C16H19N3O2. The fraction of sp³-hybridized carbons (Fsp3) is 0.312. The van der Waals surface area contributed by atoms with E-state index in [9.17, 15) is 4.79 Å². The second-order valence-electron chi connectivity index (χ2n) is 4.78. The summed E-state index contributed by atoms with van der Waals surface area (Å²) < 4.78 is 5.10. The molecular weight excluding hydrogens is 266 g/mol. The number of carbonyl (C=O) groups is 1. The third kappa shape index (κ3) is 4.87. The van der Waals surface area contributed by atoms with E-state index in [0.29, 0.717) is 19.4 Å². The van der Waals surface area contributed by atoms with Gasteiger partial charge in [-0.25, -0.2) is 9.97 Å². The number of nitrogens with one attached hydrogen (secondary N) is 1. The molecule has 0 aliphatic heterocycles. The van der Waals surface area contributed by atoms with Gasteiger partial charge in [0.1, 0.15) is 12.1 Å². The molecule has 0 spiro atoms. The molecule has 0 fully saturated rings. The first-order valence-electron chi connectivity index (χ1n) is 6.84. The second-order valence-corrected chi connectivity index (χ2v) is 4.78. The highest BCUT2D eigenvalue weighted by Crippen LogP contribution is 2.12.